The highest BCUT2D eigenvalue weighted by Gasteiger charge is 2.38. The number of rotatable bonds is 4. The molecule has 1 aliphatic heterocycles. The molecule has 2 aromatic rings. The van der Waals surface area contributed by atoms with Crippen molar-refractivity contribution in [3.8, 4) is 11.5 Å². The third-order valence-electron chi connectivity index (χ3n) is 4.08. The number of carbonyl (C=O) groups excluding carboxylic acids is 1. The van der Waals surface area contributed by atoms with Crippen molar-refractivity contribution in [2.24, 2.45) is 5.73 Å². The minimum absolute atomic E-state index is 0.0701. The van der Waals surface area contributed by atoms with Crippen molar-refractivity contribution in [1.29, 1.82) is 0 Å². The van der Waals surface area contributed by atoms with Gasteiger partial charge in [-0.1, -0.05) is 12.1 Å². The van der Waals surface area contributed by atoms with E-state index in [0.717, 1.165) is 0 Å². The van der Waals surface area contributed by atoms with Crippen LogP contribution in [0.4, 0.5) is 0 Å². The Morgan fingerprint density at radius 3 is 2.58 bits per heavy atom. The summed E-state index contributed by atoms with van der Waals surface area (Å²) in [5.41, 5.74) is 6.36. The van der Waals surface area contributed by atoms with Crippen LogP contribution in [0.5, 0.6) is 11.5 Å². The van der Waals surface area contributed by atoms with Crippen molar-refractivity contribution in [3.05, 3.63) is 69.1 Å². The van der Waals surface area contributed by atoms with Crippen LogP contribution in [0.1, 0.15) is 29.7 Å². The Morgan fingerprint density at radius 1 is 1.27 bits per heavy atom. The highest BCUT2D eigenvalue weighted by molar-refractivity contribution is 5.92. The molecular formula is C19H19NO6. The van der Waals surface area contributed by atoms with Crippen molar-refractivity contribution in [2.75, 3.05) is 13.7 Å². The third-order valence-corrected chi connectivity index (χ3v) is 4.08. The summed E-state index contributed by atoms with van der Waals surface area (Å²) in [5, 5.41) is 0. The Labute approximate surface area is 150 Å². The number of ether oxygens (including phenoxy) is 3. The molecule has 3 rings (SSSR count). The summed E-state index contributed by atoms with van der Waals surface area (Å²) in [6.45, 7) is 3.49. The molecule has 1 atom stereocenters. The van der Waals surface area contributed by atoms with E-state index in [0.29, 0.717) is 17.1 Å². The van der Waals surface area contributed by atoms with Crippen LogP contribution in [0.25, 0.3) is 0 Å². The Balaban J connectivity index is 2.23. The molecule has 0 bridgehead atoms. The standard InChI is InChI=1S/C19H19NO6/c1-4-24-18(21)16-14(11-5-7-12(23-3)8-6-11)15-13(26-17(16)20)9-10(2)25-19(15)22/h5-9,14H,4,20H2,1-3H3. The number of methoxy groups -OCH3 is 1. The molecule has 0 saturated heterocycles. The van der Waals surface area contributed by atoms with Gasteiger partial charge in [0.25, 0.3) is 0 Å². The zero-order valence-electron chi connectivity index (χ0n) is 14.7. The second kappa shape index (κ2) is 6.95. The lowest BCUT2D eigenvalue weighted by Gasteiger charge is -2.27. The minimum atomic E-state index is -0.763. The van der Waals surface area contributed by atoms with Gasteiger partial charge < -0.3 is 24.4 Å². The van der Waals surface area contributed by atoms with Crippen LogP contribution < -0.4 is 20.8 Å². The third kappa shape index (κ3) is 3.03. The van der Waals surface area contributed by atoms with E-state index < -0.39 is 17.5 Å². The molecule has 0 fully saturated rings. The second-order valence-electron chi connectivity index (χ2n) is 5.73. The van der Waals surface area contributed by atoms with E-state index in [1.807, 2.05) is 0 Å². The Hall–Kier alpha value is -3.22. The van der Waals surface area contributed by atoms with Crippen molar-refractivity contribution in [3.63, 3.8) is 0 Å². The molecule has 0 saturated carbocycles. The monoisotopic (exact) mass is 357 g/mol. The molecule has 1 unspecified atom stereocenters. The average molecular weight is 357 g/mol. The van der Waals surface area contributed by atoms with Crippen molar-refractivity contribution < 1.29 is 23.4 Å². The van der Waals surface area contributed by atoms with Gasteiger partial charge in [0.2, 0.25) is 5.88 Å². The van der Waals surface area contributed by atoms with Crippen molar-refractivity contribution in [1.82, 2.24) is 0 Å². The number of benzene rings is 1. The van der Waals surface area contributed by atoms with Gasteiger partial charge in [-0.05, 0) is 31.5 Å². The number of hydrogen-bond acceptors (Lipinski definition) is 7. The zero-order chi connectivity index (χ0) is 18.8. The number of hydrogen-bond donors (Lipinski definition) is 1. The molecule has 2 N–H and O–H groups in total. The average Bonchev–Trinajstić information content (AvgIpc) is 2.60. The SMILES string of the molecule is CCOC(=O)C1=C(N)Oc2cc(C)oc(=O)c2C1c1ccc(OC)cc1. The summed E-state index contributed by atoms with van der Waals surface area (Å²) >= 11 is 0. The van der Waals surface area contributed by atoms with E-state index >= 15 is 0 Å². The van der Waals surface area contributed by atoms with Crippen LogP contribution >= 0.6 is 0 Å². The summed E-state index contributed by atoms with van der Waals surface area (Å²) in [5.74, 6) is -0.204. The van der Waals surface area contributed by atoms with Crippen LogP contribution in [0, 0.1) is 6.92 Å². The molecule has 1 aromatic carbocycles. The predicted octanol–water partition coefficient (Wildman–Crippen LogP) is 2.21. The number of carbonyl (C=O) groups is 1. The Kier molecular flexibility index (Phi) is 4.71. The smallest absolute Gasteiger partial charge is 0.343 e. The van der Waals surface area contributed by atoms with Crippen LogP contribution in [0.15, 0.2) is 51.0 Å². The summed E-state index contributed by atoms with van der Waals surface area (Å²) in [7, 11) is 1.55. The minimum Gasteiger partial charge on any atom is -0.497 e. The largest absolute Gasteiger partial charge is 0.497 e. The number of nitrogens with two attached hydrogens (primary N) is 1. The Morgan fingerprint density at radius 2 is 1.96 bits per heavy atom. The molecular weight excluding hydrogens is 338 g/mol. The van der Waals surface area contributed by atoms with Crippen LogP contribution in [-0.4, -0.2) is 19.7 Å². The highest BCUT2D eigenvalue weighted by Crippen LogP contribution is 2.41. The molecule has 26 heavy (non-hydrogen) atoms. The number of aryl methyl sites for hydroxylation is 1. The fourth-order valence-electron chi connectivity index (χ4n) is 2.96. The van der Waals surface area contributed by atoms with Crippen LogP contribution in [0.3, 0.4) is 0 Å². The van der Waals surface area contributed by atoms with E-state index in [2.05, 4.69) is 0 Å². The van der Waals surface area contributed by atoms with E-state index in [4.69, 9.17) is 24.4 Å². The van der Waals surface area contributed by atoms with Gasteiger partial charge in [0.15, 0.2) is 0 Å². The summed E-state index contributed by atoms with van der Waals surface area (Å²) in [4.78, 5) is 25.0. The van der Waals surface area contributed by atoms with Gasteiger partial charge in [-0.25, -0.2) is 9.59 Å². The zero-order valence-corrected chi connectivity index (χ0v) is 14.7. The van der Waals surface area contributed by atoms with Gasteiger partial charge in [0.1, 0.15) is 22.8 Å². The molecule has 1 aromatic heterocycles. The highest BCUT2D eigenvalue weighted by atomic mass is 16.5. The first kappa shape index (κ1) is 17.6. The number of esters is 1. The van der Waals surface area contributed by atoms with Gasteiger partial charge >= 0.3 is 11.6 Å². The summed E-state index contributed by atoms with van der Waals surface area (Å²) < 4.78 is 21.0. The lowest BCUT2D eigenvalue weighted by Crippen LogP contribution is -2.31. The molecule has 7 nitrogen and oxygen atoms in total. The van der Waals surface area contributed by atoms with Gasteiger partial charge in [-0.3, -0.25) is 0 Å². The van der Waals surface area contributed by atoms with Crippen molar-refractivity contribution in [2.45, 2.75) is 19.8 Å². The number of fused-ring (bicyclic) bond motifs is 1. The maximum atomic E-state index is 12.5. The van der Waals surface area contributed by atoms with Crippen molar-refractivity contribution >= 4 is 5.97 Å². The van der Waals surface area contributed by atoms with Crippen LogP contribution in [0.2, 0.25) is 0 Å². The summed E-state index contributed by atoms with van der Waals surface area (Å²) in [6, 6.07) is 8.55. The van der Waals surface area contributed by atoms with Gasteiger partial charge in [0, 0.05) is 6.07 Å². The first-order valence-corrected chi connectivity index (χ1v) is 8.09. The molecule has 7 heteroatoms. The molecule has 1 aliphatic rings. The second-order valence-corrected chi connectivity index (χ2v) is 5.73. The lowest BCUT2D eigenvalue weighted by atomic mass is 9.83. The van der Waals surface area contributed by atoms with E-state index in [-0.39, 0.29) is 29.4 Å². The molecule has 0 radical (unpaired) electrons. The molecule has 0 aliphatic carbocycles. The van der Waals surface area contributed by atoms with Gasteiger partial charge in [0.05, 0.1) is 25.2 Å². The molecule has 136 valence electrons. The maximum absolute atomic E-state index is 12.5. The predicted molar refractivity (Wildman–Crippen MR) is 93.0 cm³/mol. The fourth-order valence-corrected chi connectivity index (χ4v) is 2.96. The first-order valence-electron chi connectivity index (χ1n) is 8.09. The fraction of sp³-hybridized carbons (Fsp3) is 0.263. The quantitative estimate of drug-likeness (QED) is 0.837. The normalized spacial score (nSPS) is 15.9. The maximum Gasteiger partial charge on any atom is 0.343 e. The molecule has 2 heterocycles. The van der Waals surface area contributed by atoms with E-state index in [9.17, 15) is 9.59 Å². The molecule has 0 spiro atoms. The summed E-state index contributed by atoms with van der Waals surface area (Å²) in [6.07, 6.45) is 0. The molecule has 0 amide bonds. The van der Waals surface area contributed by atoms with Crippen LogP contribution in [-0.2, 0) is 9.53 Å². The first-order chi connectivity index (χ1) is 12.5. The van der Waals surface area contributed by atoms with Gasteiger partial charge in [-0.15, -0.1) is 0 Å². The lowest BCUT2D eigenvalue weighted by molar-refractivity contribution is -0.139. The topological polar surface area (TPSA) is 101 Å². The Bertz CT molecular complexity index is 926. The van der Waals surface area contributed by atoms with E-state index in [1.54, 1.807) is 51.3 Å². The van der Waals surface area contributed by atoms with E-state index in [1.165, 1.54) is 0 Å². The van der Waals surface area contributed by atoms with Gasteiger partial charge in [-0.2, -0.15) is 0 Å².